The largest absolute Gasteiger partial charge is 0.393 e. The fraction of sp³-hybridized carbons (Fsp3) is 0.810. The van der Waals surface area contributed by atoms with Crippen LogP contribution in [0, 0.1) is 34.5 Å². The summed E-state index contributed by atoms with van der Waals surface area (Å²) in [5, 5.41) is 11.1. The second-order valence-electron chi connectivity index (χ2n) is 8.96. The normalized spacial score (nSPS) is 53.5. The highest BCUT2D eigenvalue weighted by Crippen LogP contribution is 2.66. The summed E-state index contributed by atoms with van der Waals surface area (Å²) in [7, 11) is 0. The molecule has 0 bridgehead atoms. The molecule has 1 N–H and O–H groups in total. The molecule has 3 fully saturated rings. The Bertz CT molecular complexity index is 518. The molecule has 0 spiro atoms. The number of fused-ring (bicyclic) bond motifs is 5. The van der Waals surface area contributed by atoms with Crippen molar-refractivity contribution in [2.75, 3.05) is 0 Å². The predicted octanol–water partition coefficient (Wildman–Crippen LogP) is 5.11. The molecule has 0 radical (unpaired) electrons. The second-order valence-corrected chi connectivity index (χ2v) is 8.96. The lowest BCUT2D eigenvalue weighted by atomic mass is 9.46. The van der Waals surface area contributed by atoms with Crippen LogP contribution in [0.4, 0.5) is 0 Å². The zero-order chi connectivity index (χ0) is 15.5. The summed E-state index contributed by atoms with van der Waals surface area (Å²) in [5.74, 6) is 3.04. The molecule has 4 aliphatic carbocycles. The molecule has 7 atom stereocenters. The zero-order valence-electron chi connectivity index (χ0n) is 14.5. The van der Waals surface area contributed by atoms with Crippen LogP contribution in [0.15, 0.2) is 23.8 Å². The van der Waals surface area contributed by atoms with E-state index in [4.69, 9.17) is 0 Å². The van der Waals surface area contributed by atoms with Gasteiger partial charge in [0.1, 0.15) is 0 Å². The maximum absolute atomic E-state index is 11.1. The van der Waals surface area contributed by atoms with Gasteiger partial charge in [0, 0.05) is 0 Å². The number of rotatable bonds is 1. The molecule has 0 heterocycles. The van der Waals surface area contributed by atoms with Crippen LogP contribution in [0.5, 0.6) is 0 Å². The van der Waals surface area contributed by atoms with Crippen molar-refractivity contribution >= 4 is 0 Å². The van der Waals surface area contributed by atoms with Gasteiger partial charge >= 0.3 is 0 Å². The maximum Gasteiger partial charge on any atom is 0.0602 e. The third-order valence-electron chi connectivity index (χ3n) is 8.50. The van der Waals surface area contributed by atoms with Gasteiger partial charge in [0.05, 0.1) is 6.10 Å². The minimum atomic E-state index is -0.0896. The molecular formula is C21H32O. The summed E-state index contributed by atoms with van der Waals surface area (Å²) in [6.07, 6.45) is 15.7. The van der Waals surface area contributed by atoms with Crippen molar-refractivity contribution in [1.29, 1.82) is 0 Å². The SMILES string of the molecule is CC[C@H]1CC[C@H]2[C@@H]3CCC4=CC=CC[C@]4(C)[C@H]3C[C@@H](O)[C@]12C. The standard InChI is InChI=1S/C21H32O/c1-4-14-9-11-17-16-10-8-15-7-5-6-12-20(15,2)18(16)13-19(22)21(14,17)3/h5-7,14,16-19,22H,4,8-13H2,1-3H3/t14-,16-,17-,18-,19+,20-,21+/m0/s1. The van der Waals surface area contributed by atoms with Gasteiger partial charge in [-0.3, -0.25) is 0 Å². The van der Waals surface area contributed by atoms with E-state index in [1.54, 1.807) is 5.57 Å². The Morgan fingerprint density at radius 2 is 2.00 bits per heavy atom. The van der Waals surface area contributed by atoms with Crippen molar-refractivity contribution in [3.8, 4) is 0 Å². The first-order chi connectivity index (χ1) is 10.5. The van der Waals surface area contributed by atoms with E-state index >= 15 is 0 Å². The lowest BCUT2D eigenvalue weighted by Crippen LogP contribution is -2.55. The van der Waals surface area contributed by atoms with Gasteiger partial charge in [0.2, 0.25) is 0 Å². The molecule has 3 saturated carbocycles. The van der Waals surface area contributed by atoms with Crippen molar-refractivity contribution in [1.82, 2.24) is 0 Å². The Balaban J connectivity index is 1.71. The van der Waals surface area contributed by atoms with Gasteiger partial charge < -0.3 is 5.11 Å². The van der Waals surface area contributed by atoms with Gasteiger partial charge in [-0.15, -0.1) is 0 Å². The fourth-order valence-electron chi connectivity index (χ4n) is 7.13. The van der Waals surface area contributed by atoms with E-state index in [1.807, 2.05) is 0 Å². The minimum Gasteiger partial charge on any atom is -0.393 e. The summed E-state index contributed by atoms with van der Waals surface area (Å²) < 4.78 is 0. The van der Waals surface area contributed by atoms with Crippen molar-refractivity contribution < 1.29 is 5.11 Å². The smallest absolute Gasteiger partial charge is 0.0602 e. The van der Waals surface area contributed by atoms with Crippen LogP contribution in [0.3, 0.4) is 0 Å². The second kappa shape index (κ2) is 4.97. The first-order valence-corrected chi connectivity index (χ1v) is 9.56. The van der Waals surface area contributed by atoms with Crippen molar-refractivity contribution in [3.05, 3.63) is 23.8 Å². The first kappa shape index (κ1) is 15.0. The average Bonchev–Trinajstić information content (AvgIpc) is 2.86. The van der Waals surface area contributed by atoms with Crippen LogP contribution in [-0.4, -0.2) is 11.2 Å². The van der Waals surface area contributed by atoms with E-state index in [0.29, 0.717) is 11.3 Å². The molecule has 1 heteroatoms. The minimum absolute atomic E-state index is 0.0896. The quantitative estimate of drug-likeness (QED) is 0.713. The molecule has 0 amide bonds. The van der Waals surface area contributed by atoms with Crippen molar-refractivity contribution in [2.24, 2.45) is 34.5 Å². The van der Waals surface area contributed by atoms with E-state index in [0.717, 1.165) is 24.2 Å². The first-order valence-electron chi connectivity index (χ1n) is 9.56. The molecule has 0 unspecified atom stereocenters. The van der Waals surface area contributed by atoms with Crippen LogP contribution in [0.25, 0.3) is 0 Å². The fourth-order valence-corrected chi connectivity index (χ4v) is 7.13. The predicted molar refractivity (Wildman–Crippen MR) is 91.4 cm³/mol. The summed E-state index contributed by atoms with van der Waals surface area (Å²) in [6, 6.07) is 0. The Morgan fingerprint density at radius 3 is 2.77 bits per heavy atom. The van der Waals surface area contributed by atoms with Crippen molar-refractivity contribution in [2.45, 2.75) is 71.8 Å². The molecule has 4 rings (SSSR count). The third kappa shape index (κ3) is 1.75. The van der Waals surface area contributed by atoms with Gasteiger partial charge in [-0.1, -0.05) is 51.0 Å². The van der Waals surface area contributed by atoms with Gasteiger partial charge in [-0.2, -0.15) is 0 Å². The number of aliphatic hydroxyl groups is 1. The summed E-state index contributed by atoms with van der Waals surface area (Å²) in [6.45, 7) is 7.24. The van der Waals surface area contributed by atoms with Gasteiger partial charge in [0.15, 0.2) is 0 Å². The third-order valence-corrected chi connectivity index (χ3v) is 8.50. The van der Waals surface area contributed by atoms with Gasteiger partial charge in [-0.25, -0.2) is 0 Å². The summed E-state index contributed by atoms with van der Waals surface area (Å²) in [5.41, 5.74) is 2.18. The Morgan fingerprint density at radius 1 is 1.18 bits per heavy atom. The molecule has 0 aromatic heterocycles. The highest BCUT2D eigenvalue weighted by atomic mass is 16.3. The number of allylic oxidation sites excluding steroid dienone is 4. The van der Waals surface area contributed by atoms with E-state index < -0.39 is 0 Å². The monoisotopic (exact) mass is 300 g/mol. The Kier molecular flexibility index (Phi) is 3.39. The topological polar surface area (TPSA) is 20.2 Å². The van der Waals surface area contributed by atoms with Gasteiger partial charge in [-0.05, 0) is 73.0 Å². The molecule has 0 saturated heterocycles. The highest BCUT2D eigenvalue weighted by Gasteiger charge is 2.61. The molecular weight excluding hydrogens is 268 g/mol. The highest BCUT2D eigenvalue weighted by molar-refractivity contribution is 5.30. The number of hydrogen-bond donors (Lipinski definition) is 1. The van der Waals surface area contributed by atoms with Crippen LogP contribution < -0.4 is 0 Å². The van der Waals surface area contributed by atoms with E-state index in [-0.39, 0.29) is 11.5 Å². The van der Waals surface area contributed by atoms with Crippen LogP contribution in [-0.2, 0) is 0 Å². The van der Waals surface area contributed by atoms with Crippen LogP contribution >= 0.6 is 0 Å². The number of hydrogen-bond acceptors (Lipinski definition) is 1. The van der Waals surface area contributed by atoms with Crippen LogP contribution in [0.1, 0.15) is 65.7 Å². The molecule has 1 nitrogen and oxygen atoms in total. The average molecular weight is 300 g/mol. The van der Waals surface area contributed by atoms with Gasteiger partial charge in [0.25, 0.3) is 0 Å². The maximum atomic E-state index is 11.1. The molecule has 0 aromatic rings. The summed E-state index contributed by atoms with van der Waals surface area (Å²) in [4.78, 5) is 0. The van der Waals surface area contributed by atoms with Crippen molar-refractivity contribution in [3.63, 3.8) is 0 Å². The lowest BCUT2D eigenvalue weighted by Gasteiger charge is -2.59. The van der Waals surface area contributed by atoms with E-state index in [2.05, 4.69) is 39.0 Å². The molecule has 4 aliphatic rings. The summed E-state index contributed by atoms with van der Waals surface area (Å²) >= 11 is 0. The number of aliphatic hydroxyl groups excluding tert-OH is 1. The molecule has 0 aromatic carbocycles. The van der Waals surface area contributed by atoms with E-state index in [9.17, 15) is 5.11 Å². The lowest BCUT2D eigenvalue weighted by molar-refractivity contribution is -0.130. The molecule has 0 aliphatic heterocycles. The molecule has 22 heavy (non-hydrogen) atoms. The zero-order valence-corrected chi connectivity index (χ0v) is 14.5. The molecule has 122 valence electrons. The Labute approximate surface area is 135 Å². The van der Waals surface area contributed by atoms with Crippen LogP contribution in [0.2, 0.25) is 0 Å². The van der Waals surface area contributed by atoms with E-state index in [1.165, 1.54) is 38.5 Å². The Hall–Kier alpha value is -0.560.